The molecule has 0 bridgehead atoms. The molecule has 1 aliphatic heterocycles. The predicted octanol–water partition coefficient (Wildman–Crippen LogP) is 3.01. The summed E-state index contributed by atoms with van der Waals surface area (Å²) in [5.41, 5.74) is 0.463. The molecule has 13 heteroatoms. The predicted molar refractivity (Wildman–Crippen MR) is 130 cm³/mol. The molecule has 0 radical (unpaired) electrons. The summed E-state index contributed by atoms with van der Waals surface area (Å²) < 4.78 is 36.2. The van der Waals surface area contributed by atoms with E-state index >= 15 is 0 Å². The summed E-state index contributed by atoms with van der Waals surface area (Å²) in [6.45, 7) is 0.698. The number of Topliss-reactive ketones (excluding diaryl/α,β-unsaturated/α-hetero) is 1. The Morgan fingerprint density at radius 2 is 2.03 bits per heavy atom. The monoisotopic (exact) mass is 564 g/mol. The molecule has 3 heterocycles. The van der Waals surface area contributed by atoms with Crippen molar-refractivity contribution < 1.29 is 23.0 Å². The van der Waals surface area contributed by atoms with E-state index in [1.54, 1.807) is 24.3 Å². The number of ketones is 1. The van der Waals surface area contributed by atoms with Gasteiger partial charge in [0.15, 0.2) is 5.78 Å². The summed E-state index contributed by atoms with van der Waals surface area (Å²) in [6, 6.07) is 8.38. The van der Waals surface area contributed by atoms with E-state index in [9.17, 15) is 23.0 Å². The highest BCUT2D eigenvalue weighted by Gasteiger charge is 2.40. The third-order valence-corrected chi connectivity index (χ3v) is 7.23. The van der Waals surface area contributed by atoms with Gasteiger partial charge in [-0.2, -0.15) is 5.10 Å². The van der Waals surface area contributed by atoms with E-state index in [-0.39, 0.29) is 41.7 Å². The van der Waals surface area contributed by atoms with Crippen LogP contribution >= 0.6 is 15.9 Å². The average Bonchev–Trinajstić information content (AvgIpc) is 3.34. The maximum Gasteiger partial charge on any atom is 0.248 e. The number of hydrogen-bond acceptors (Lipinski definition) is 7. The van der Waals surface area contributed by atoms with E-state index in [1.165, 1.54) is 30.0 Å². The van der Waals surface area contributed by atoms with Crippen LogP contribution in [0.2, 0.25) is 0 Å². The van der Waals surface area contributed by atoms with Crippen LogP contribution in [0.3, 0.4) is 0 Å². The van der Waals surface area contributed by atoms with Crippen LogP contribution in [0.1, 0.15) is 23.8 Å². The molecule has 2 aromatic heterocycles. The average molecular weight is 565 g/mol. The van der Waals surface area contributed by atoms with Crippen LogP contribution in [0.15, 0.2) is 45.9 Å². The molecule has 0 aliphatic carbocycles. The first kappa shape index (κ1) is 24.9. The van der Waals surface area contributed by atoms with Gasteiger partial charge in [0.2, 0.25) is 11.8 Å². The van der Waals surface area contributed by atoms with Crippen molar-refractivity contribution in [1.29, 1.82) is 4.78 Å². The number of fused-ring (bicyclic) bond motifs is 1. The molecule has 1 aliphatic rings. The largest absolute Gasteiger partial charge is 0.326 e. The fourth-order valence-corrected chi connectivity index (χ4v) is 5.00. The standard InChI is InChI=1S/C22H22BrFN6O4S/c1-12(31)21-15-7-6-14(35(2,25)34)9-16(15)30(28-21)11-20(32)29-10-13(24)8-17(29)22(33)27-19-5-3-4-18(23)26-19/h3-7,9,13,17,25H,8,10-11H2,1-2H3,(H,26,27,33)/t13-,17+,35?/m1/s1. The number of alkyl halides is 1. The second-order valence-corrected chi connectivity index (χ2v) is 11.3. The minimum atomic E-state index is -3.06. The summed E-state index contributed by atoms with van der Waals surface area (Å²) in [5.74, 6) is -1.21. The van der Waals surface area contributed by atoms with Crippen LogP contribution in [0.5, 0.6) is 0 Å². The topological polar surface area (TPSA) is 138 Å². The molecular weight excluding hydrogens is 543 g/mol. The van der Waals surface area contributed by atoms with E-state index in [2.05, 4.69) is 31.3 Å². The molecule has 1 aromatic carbocycles. The Labute approximate surface area is 209 Å². The summed E-state index contributed by atoms with van der Waals surface area (Å²) in [6.07, 6.45) is -0.279. The third kappa shape index (κ3) is 5.25. The molecule has 3 aromatic rings. The molecular formula is C22H22BrFN6O4S. The molecule has 35 heavy (non-hydrogen) atoms. The second-order valence-electron chi connectivity index (χ2n) is 8.31. The Balaban J connectivity index is 1.63. The molecule has 3 atom stereocenters. The number of nitrogens with one attached hydrogen (secondary N) is 2. The smallest absolute Gasteiger partial charge is 0.248 e. The highest BCUT2D eigenvalue weighted by Crippen LogP contribution is 2.26. The van der Waals surface area contributed by atoms with Gasteiger partial charge in [-0.3, -0.25) is 19.1 Å². The Hall–Kier alpha value is -3.19. The minimum absolute atomic E-state index is 0.117. The number of carbonyl (C=O) groups excluding carboxylic acids is 3. The molecule has 0 spiro atoms. The third-order valence-electron chi connectivity index (χ3n) is 5.63. The lowest BCUT2D eigenvalue weighted by Gasteiger charge is -2.23. The van der Waals surface area contributed by atoms with Crippen molar-refractivity contribution in [2.24, 2.45) is 0 Å². The Morgan fingerprint density at radius 3 is 2.69 bits per heavy atom. The first-order chi connectivity index (χ1) is 16.4. The molecule has 1 fully saturated rings. The Morgan fingerprint density at radius 1 is 1.29 bits per heavy atom. The zero-order valence-electron chi connectivity index (χ0n) is 18.8. The van der Waals surface area contributed by atoms with Crippen LogP contribution in [-0.4, -0.2) is 66.5 Å². The van der Waals surface area contributed by atoms with Crippen molar-refractivity contribution >= 4 is 60.0 Å². The van der Waals surface area contributed by atoms with Crippen molar-refractivity contribution in [1.82, 2.24) is 19.7 Å². The minimum Gasteiger partial charge on any atom is -0.326 e. The maximum atomic E-state index is 14.3. The summed E-state index contributed by atoms with van der Waals surface area (Å²) in [7, 11) is -3.06. The lowest BCUT2D eigenvalue weighted by Crippen LogP contribution is -2.44. The van der Waals surface area contributed by atoms with E-state index in [1.807, 2.05) is 0 Å². The zero-order valence-corrected chi connectivity index (χ0v) is 21.2. The molecule has 1 unspecified atom stereocenters. The van der Waals surface area contributed by atoms with E-state index < -0.39 is 33.8 Å². The molecule has 1 saturated heterocycles. The van der Waals surface area contributed by atoms with Crippen molar-refractivity contribution in [3.63, 3.8) is 0 Å². The fourth-order valence-electron chi connectivity index (χ4n) is 3.99. The van der Waals surface area contributed by atoms with Gasteiger partial charge in [-0.1, -0.05) is 6.07 Å². The highest BCUT2D eigenvalue weighted by molar-refractivity contribution is 9.10. The molecule has 184 valence electrons. The summed E-state index contributed by atoms with van der Waals surface area (Å²) >= 11 is 3.22. The number of amides is 2. The molecule has 2 N–H and O–H groups in total. The number of benzene rings is 1. The Kier molecular flexibility index (Phi) is 6.73. The molecule has 10 nitrogen and oxygen atoms in total. The number of carbonyl (C=O) groups is 3. The van der Waals surface area contributed by atoms with Gasteiger partial charge in [0.25, 0.3) is 0 Å². The van der Waals surface area contributed by atoms with Crippen LogP contribution in [0.4, 0.5) is 10.2 Å². The van der Waals surface area contributed by atoms with Crippen LogP contribution in [-0.2, 0) is 25.9 Å². The van der Waals surface area contributed by atoms with Gasteiger partial charge in [-0.25, -0.2) is 18.4 Å². The quantitative estimate of drug-likeness (QED) is 0.348. The maximum absolute atomic E-state index is 14.3. The van der Waals surface area contributed by atoms with Gasteiger partial charge in [0, 0.05) is 29.9 Å². The van der Waals surface area contributed by atoms with Crippen LogP contribution in [0, 0.1) is 4.78 Å². The number of likely N-dealkylation sites (tertiary alicyclic amines) is 1. The lowest BCUT2D eigenvalue weighted by molar-refractivity contribution is -0.137. The SMILES string of the molecule is CC(=O)c1nn(CC(=O)N2C[C@H](F)C[C@H]2C(=O)Nc2cccc(Br)n2)c2cc(S(C)(=N)=O)ccc12. The number of aromatic nitrogens is 3. The van der Waals surface area contributed by atoms with Gasteiger partial charge in [0.1, 0.15) is 34.9 Å². The van der Waals surface area contributed by atoms with E-state index in [0.29, 0.717) is 15.5 Å². The summed E-state index contributed by atoms with van der Waals surface area (Å²) in [4.78, 5) is 43.7. The molecule has 2 amide bonds. The van der Waals surface area contributed by atoms with Crippen LogP contribution in [0.25, 0.3) is 10.9 Å². The van der Waals surface area contributed by atoms with Gasteiger partial charge >= 0.3 is 0 Å². The van der Waals surface area contributed by atoms with Crippen molar-refractivity contribution in [3.05, 3.63) is 46.7 Å². The number of rotatable bonds is 6. The number of halogens is 2. The molecule has 4 rings (SSSR count). The first-order valence-electron chi connectivity index (χ1n) is 10.6. The van der Waals surface area contributed by atoms with Crippen LogP contribution < -0.4 is 5.32 Å². The van der Waals surface area contributed by atoms with Crippen molar-refractivity contribution in [2.45, 2.75) is 37.0 Å². The first-order valence-corrected chi connectivity index (χ1v) is 13.3. The Bertz CT molecular complexity index is 1460. The van der Waals surface area contributed by atoms with E-state index in [4.69, 9.17) is 4.78 Å². The molecule has 0 saturated carbocycles. The van der Waals surface area contributed by atoms with Crippen molar-refractivity contribution in [2.75, 3.05) is 18.1 Å². The number of nitrogens with zero attached hydrogens (tertiary/aromatic N) is 4. The van der Waals surface area contributed by atoms with Gasteiger partial charge in [-0.15, -0.1) is 0 Å². The highest BCUT2D eigenvalue weighted by atomic mass is 79.9. The number of hydrogen-bond donors (Lipinski definition) is 2. The zero-order chi connectivity index (χ0) is 25.5. The summed E-state index contributed by atoms with van der Waals surface area (Å²) in [5, 5.41) is 7.29. The van der Waals surface area contributed by atoms with Gasteiger partial charge < -0.3 is 10.2 Å². The second kappa shape index (κ2) is 9.46. The number of anilines is 1. The lowest BCUT2D eigenvalue weighted by atomic mass is 10.1. The van der Waals surface area contributed by atoms with Crippen molar-refractivity contribution in [3.8, 4) is 0 Å². The van der Waals surface area contributed by atoms with Gasteiger partial charge in [0.05, 0.1) is 21.8 Å². The fraction of sp³-hybridized carbons (Fsp3) is 0.318. The van der Waals surface area contributed by atoms with E-state index in [0.717, 1.165) is 4.90 Å². The number of pyridine rings is 1. The van der Waals surface area contributed by atoms with Gasteiger partial charge in [-0.05, 0) is 46.3 Å². The normalized spacial score (nSPS) is 19.5.